The topological polar surface area (TPSA) is 0 Å². The Labute approximate surface area is 140 Å². The molecule has 2 aromatic carbocycles. The lowest BCUT2D eigenvalue weighted by atomic mass is 9.60. The normalized spacial score (nSPS) is 27.6. The van der Waals surface area contributed by atoms with Gasteiger partial charge >= 0.3 is 0 Å². The molecule has 2 aliphatic carbocycles. The van der Waals surface area contributed by atoms with Gasteiger partial charge < -0.3 is 0 Å². The molecule has 0 aliphatic heterocycles. The average molecular weight is 304 g/mol. The van der Waals surface area contributed by atoms with E-state index >= 15 is 0 Å². The minimum absolute atomic E-state index is 0.586. The third-order valence-electron chi connectivity index (χ3n) is 6.38. The molecule has 120 valence electrons. The number of benzene rings is 2. The highest BCUT2D eigenvalue weighted by molar-refractivity contribution is 5.33. The number of hydrogen-bond acceptors (Lipinski definition) is 0. The largest absolute Gasteiger partial charge is 0.0622 e. The minimum Gasteiger partial charge on any atom is -0.0622 e. The van der Waals surface area contributed by atoms with Crippen molar-refractivity contribution in [1.82, 2.24) is 0 Å². The number of fused-ring (bicyclic) bond motifs is 1. The molecule has 2 aliphatic rings. The van der Waals surface area contributed by atoms with Crippen LogP contribution < -0.4 is 0 Å². The van der Waals surface area contributed by atoms with Crippen LogP contribution >= 0.6 is 0 Å². The Kier molecular flexibility index (Phi) is 4.50. The Morgan fingerprint density at radius 2 is 1.17 bits per heavy atom. The first-order chi connectivity index (χ1) is 11.4. The molecule has 0 radical (unpaired) electrons. The van der Waals surface area contributed by atoms with E-state index in [0.717, 1.165) is 17.8 Å². The van der Waals surface area contributed by atoms with Crippen LogP contribution in [0.25, 0.3) is 0 Å². The van der Waals surface area contributed by atoms with Crippen molar-refractivity contribution >= 4 is 0 Å². The summed E-state index contributed by atoms with van der Waals surface area (Å²) in [4.78, 5) is 0. The first-order valence-corrected chi connectivity index (χ1v) is 9.53. The predicted molar refractivity (Wildman–Crippen MR) is 97.5 cm³/mol. The Morgan fingerprint density at radius 1 is 0.609 bits per heavy atom. The molecule has 0 bridgehead atoms. The van der Waals surface area contributed by atoms with Crippen LogP contribution in [0.3, 0.4) is 0 Å². The number of hydrogen-bond donors (Lipinski definition) is 0. The molecule has 23 heavy (non-hydrogen) atoms. The van der Waals surface area contributed by atoms with E-state index in [9.17, 15) is 0 Å². The summed E-state index contributed by atoms with van der Waals surface area (Å²) in [5.74, 6) is 3.36. The van der Waals surface area contributed by atoms with Gasteiger partial charge in [-0.15, -0.1) is 0 Å². The Balaban J connectivity index is 1.72. The van der Waals surface area contributed by atoms with Gasteiger partial charge in [0.1, 0.15) is 0 Å². The number of rotatable bonds is 3. The molecule has 0 amide bonds. The lowest BCUT2D eigenvalue weighted by Crippen LogP contribution is -2.34. The van der Waals surface area contributed by atoms with Gasteiger partial charge in [0.25, 0.3) is 0 Å². The van der Waals surface area contributed by atoms with Crippen molar-refractivity contribution in [3.05, 3.63) is 71.8 Å². The van der Waals surface area contributed by atoms with E-state index in [4.69, 9.17) is 0 Å². The smallest absolute Gasteiger partial charge is 0.0120 e. The van der Waals surface area contributed by atoms with Crippen LogP contribution in [0.4, 0.5) is 0 Å². The molecular weight excluding hydrogens is 276 g/mol. The maximum atomic E-state index is 2.35. The van der Waals surface area contributed by atoms with Crippen molar-refractivity contribution in [2.45, 2.75) is 50.9 Å². The molecule has 3 atom stereocenters. The molecular formula is C23H28. The molecule has 0 saturated heterocycles. The van der Waals surface area contributed by atoms with Crippen LogP contribution in [0.15, 0.2) is 60.7 Å². The van der Waals surface area contributed by atoms with Gasteiger partial charge in [0.2, 0.25) is 0 Å². The van der Waals surface area contributed by atoms with Gasteiger partial charge in [0.15, 0.2) is 0 Å². The highest BCUT2D eigenvalue weighted by Crippen LogP contribution is 2.50. The first-order valence-electron chi connectivity index (χ1n) is 9.53. The molecule has 0 heteroatoms. The second-order valence-electron chi connectivity index (χ2n) is 7.60. The first kappa shape index (κ1) is 15.0. The van der Waals surface area contributed by atoms with Gasteiger partial charge in [-0.3, -0.25) is 0 Å². The summed E-state index contributed by atoms with van der Waals surface area (Å²) in [5.41, 5.74) is 3.05. The summed E-state index contributed by atoms with van der Waals surface area (Å²) in [6, 6.07) is 22.6. The summed E-state index contributed by atoms with van der Waals surface area (Å²) < 4.78 is 0. The zero-order valence-corrected chi connectivity index (χ0v) is 14.0. The average Bonchev–Trinajstić information content (AvgIpc) is 2.64. The second kappa shape index (κ2) is 6.91. The Morgan fingerprint density at radius 3 is 1.83 bits per heavy atom. The standard InChI is InChI=1S/C23H28/c1-3-11-19(12-4-1)23(20-13-5-2-6-14-20)22-17-9-15-18-10-7-8-16-21(18)22/h1-6,11-14,18,21-23H,7-10,15-17H2. The predicted octanol–water partition coefficient (Wildman–Crippen LogP) is 6.43. The highest BCUT2D eigenvalue weighted by Gasteiger charge is 2.39. The molecule has 0 spiro atoms. The summed E-state index contributed by atoms with van der Waals surface area (Å²) in [7, 11) is 0. The zero-order valence-electron chi connectivity index (χ0n) is 14.0. The van der Waals surface area contributed by atoms with Crippen molar-refractivity contribution in [1.29, 1.82) is 0 Å². The second-order valence-corrected chi connectivity index (χ2v) is 7.60. The SMILES string of the molecule is c1ccc(C(c2ccccc2)C2CCCC3CCCCC32)cc1. The van der Waals surface area contributed by atoms with Gasteiger partial charge in [0.05, 0.1) is 0 Å². The lowest BCUT2D eigenvalue weighted by molar-refractivity contribution is 0.0932. The van der Waals surface area contributed by atoms with Crippen LogP contribution in [0.5, 0.6) is 0 Å². The molecule has 0 heterocycles. The fourth-order valence-corrected chi connectivity index (χ4v) is 5.41. The third kappa shape index (κ3) is 3.09. The molecule has 4 rings (SSSR count). The van der Waals surface area contributed by atoms with Crippen molar-refractivity contribution in [2.75, 3.05) is 0 Å². The van der Waals surface area contributed by atoms with Crippen molar-refractivity contribution in [2.24, 2.45) is 17.8 Å². The van der Waals surface area contributed by atoms with Crippen molar-refractivity contribution in [3.8, 4) is 0 Å². The van der Waals surface area contributed by atoms with Crippen LogP contribution in [0, 0.1) is 17.8 Å². The van der Waals surface area contributed by atoms with Crippen LogP contribution in [-0.2, 0) is 0 Å². The Bertz CT molecular complexity index is 559. The quantitative estimate of drug-likeness (QED) is 0.613. The third-order valence-corrected chi connectivity index (χ3v) is 6.38. The molecule has 2 aromatic rings. The lowest BCUT2D eigenvalue weighted by Gasteiger charge is -2.45. The van der Waals surface area contributed by atoms with E-state index in [-0.39, 0.29) is 0 Å². The van der Waals surface area contributed by atoms with Gasteiger partial charge in [-0.2, -0.15) is 0 Å². The maximum absolute atomic E-state index is 2.35. The van der Waals surface area contributed by atoms with E-state index in [1.807, 2.05) is 0 Å². The zero-order chi connectivity index (χ0) is 15.5. The summed E-state index contributed by atoms with van der Waals surface area (Å²) in [6.07, 6.45) is 10.2. The monoisotopic (exact) mass is 304 g/mol. The maximum Gasteiger partial charge on any atom is 0.0120 e. The molecule has 3 unspecified atom stereocenters. The Hall–Kier alpha value is -1.56. The summed E-state index contributed by atoms with van der Waals surface area (Å²) in [5, 5.41) is 0. The van der Waals surface area contributed by atoms with Crippen molar-refractivity contribution < 1.29 is 0 Å². The fraction of sp³-hybridized carbons (Fsp3) is 0.478. The van der Waals surface area contributed by atoms with E-state index in [1.54, 1.807) is 0 Å². The molecule has 0 N–H and O–H groups in total. The van der Waals surface area contributed by atoms with Crippen LogP contribution in [0.2, 0.25) is 0 Å². The summed E-state index contributed by atoms with van der Waals surface area (Å²) >= 11 is 0. The van der Waals surface area contributed by atoms with Crippen molar-refractivity contribution in [3.63, 3.8) is 0 Å². The van der Waals surface area contributed by atoms with Gasteiger partial charge in [-0.1, -0.05) is 92.8 Å². The van der Waals surface area contributed by atoms with Crippen LogP contribution in [-0.4, -0.2) is 0 Å². The van der Waals surface area contributed by atoms with Crippen LogP contribution in [0.1, 0.15) is 62.0 Å². The molecule has 2 fully saturated rings. The van der Waals surface area contributed by atoms with E-state index < -0.39 is 0 Å². The van der Waals surface area contributed by atoms with E-state index in [2.05, 4.69) is 60.7 Å². The molecule has 0 nitrogen and oxygen atoms in total. The van der Waals surface area contributed by atoms with E-state index in [0.29, 0.717) is 5.92 Å². The fourth-order valence-electron chi connectivity index (χ4n) is 5.41. The minimum atomic E-state index is 0.586. The molecule has 0 aromatic heterocycles. The van der Waals surface area contributed by atoms with Gasteiger partial charge in [-0.25, -0.2) is 0 Å². The van der Waals surface area contributed by atoms with Gasteiger partial charge in [0, 0.05) is 5.92 Å². The highest BCUT2D eigenvalue weighted by atomic mass is 14.4. The van der Waals surface area contributed by atoms with Gasteiger partial charge in [-0.05, 0) is 41.7 Å². The summed E-state index contributed by atoms with van der Waals surface area (Å²) in [6.45, 7) is 0. The molecule has 2 saturated carbocycles. The van der Waals surface area contributed by atoms with E-state index in [1.165, 1.54) is 56.1 Å².